The second-order valence-electron chi connectivity index (χ2n) is 26.0. The summed E-state index contributed by atoms with van der Waals surface area (Å²) in [5, 5.41) is 0. The molecular weight excluding hydrogens is 1050 g/mol. The zero-order valence-electron chi connectivity index (χ0n) is 56.0. The molecule has 0 saturated heterocycles. The summed E-state index contributed by atoms with van der Waals surface area (Å²) < 4.78 is 34.7. The van der Waals surface area contributed by atoms with Crippen LogP contribution in [0.4, 0.5) is 0 Å². The van der Waals surface area contributed by atoms with Crippen molar-refractivity contribution in [1.29, 1.82) is 0 Å². The number of rotatable bonds is 68. The van der Waals surface area contributed by atoms with Gasteiger partial charge in [0, 0.05) is 12.8 Å². The topological polar surface area (TPSA) is 108 Å². The Balaban J connectivity index is 3.87. The number of unbranched alkanes of at least 4 members (excludes halogenated alkanes) is 48. The molecule has 0 fully saturated rings. The van der Waals surface area contributed by atoms with Crippen molar-refractivity contribution in [2.24, 2.45) is 0 Å². The fourth-order valence-corrected chi connectivity index (χ4v) is 11.6. The van der Waals surface area contributed by atoms with Crippen molar-refractivity contribution in [2.45, 2.75) is 373 Å². The molecule has 0 amide bonds. The van der Waals surface area contributed by atoms with Gasteiger partial charge in [0.05, 0.1) is 27.7 Å². The van der Waals surface area contributed by atoms with Gasteiger partial charge in [-0.3, -0.25) is 18.6 Å². The van der Waals surface area contributed by atoms with Crippen molar-refractivity contribution < 1.29 is 42.1 Å². The molecule has 10 heteroatoms. The summed E-state index contributed by atoms with van der Waals surface area (Å²) in [6.07, 6.45) is 82.7. The Morgan fingerprint density at radius 3 is 0.964 bits per heavy atom. The van der Waals surface area contributed by atoms with Gasteiger partial charge in [-0.1, -0.05) is 339 Å². The predicted molar refractivity (Wildman–Crippen MR) is 358 cm³/mol. The van der Waals surface area contributed by atoms with Gasteiger partial charge in [-0.25, -0.2) is 4.57 Å². The zero-order chi connectivity index (χ0) is 60.5. The van der Waals surface area contributed by atoms with Gasteiger partial charge < -0.3 is 18.9 Å². The zero-order valence-corrected chi connectivity index (χ0v) is 56.9. The molecule has 0 aliphatic carbocycles. The van der Waals surface area contributed by atoms with Crippen molar-refractivity contribution in [1.82, 2.24) is 0 Å². The van der Waals surface area contributed by atoms with Crippen LogP contribution in [0.1, 0.15) is 367 Å². The van der Waals surface area contributed by atoms with Crippen LogP contribution in [0.2, 0.25) is 0 Å². The molecular formula is C73H141NO8P+. The van der Waals surface area contributed by atoms with Crippen LogP contribution in [-0.4, -0.2) is 74.9 Å². The number of carbonyl (C=O) groups is 2. The van der Waals surface area contributed by atoms with Crippen molar-refractivity contribution in [3.05, 3.63) is 36.5 Å². The van der Waals surface area contributed by atoms with Crippen molar-refractivity contribution in [2.75, 3.05) is 47.5 Å². The molecule has 0 bridgehead atoms. The highest BCUT2D eigenvalue weighted by molar-refractivity contribution is 7.47. The SMILES string of the molecule is CCCCCCC/C=C\C/C=C\C/C=C\CCCCCCCCCCCCCCCCCCCCCCCCCCCCC(=O)OC(COC(=O)CCCCCCCCCCCCCCCCCCCC)COP(=O)(O)OCC[N+](C)(C)C. The summed E-state index contributed by atoms with van der Waals surface area (Å²) in [5.41, 5.74) is 0. The highest BCUT2D eigenvalue weighted by Gasteiger charge is 2.27. The molecule has 0 aromatic carbocycles. The Morgan fingerprint density at radius 1 is 0.373 bits per heavy atom. The largest absolute Gasteiger partial charge is 0.472 e. The number of hydrogen-bond donors (Lipinski definition) is 1. The minimum absolute atomic E-state index is 0.0358. The molecule has 0 heterocycles. The van der Waals surface area contributed by atoms with Gasteiger partial charge in [0.2, 0.25) is 0 Å². The molecule has 490 valence electrons. The number of ether oxygens (including phenoxy) is 2. The first-order valence-corrected chi connectivity index (χ1v) is 37.7. The first kappa shape index (κ1) is 81.2. The summed E-state index contributed by atoms with van der Waals surface area (Å²) in [6.45, 7) is 4.49. The van der Waals surface area contributed by atoms with E-state index < -0.39 is 26.5 Å². The van der Waals surface area contributed by atoms with Crippen LogP contribution >= 0.6 is 7.82 Å². The van der Waals surface area contributed by atoms with Gasteiger partial charge in [-0.15, -0.1) is 0 Å². The third kappa shape index (κ3) is 69.2. The monoisotopic (exact) mass is 1190 g/mol. The minimum Gasteiger partial charge on any atom is -0.462 e. The lowest BCUT2D eigenvalue weighted by molar-refractivity contribution is -0.870. The number of allylic oxidation sites excluding steroid dienone is 6. The van der Waals surface area contributed by atoms with Crippen molar-refractivity contribution in [3.8, 4) is 0 Å². The van der Waals surface area contributed by atoms with Gasteiger partial charge in [-0.05, 0) is 51.4 Å². The number of nitrogens with zero attached hydrogens (tertiary/aromatic N) is 1. The normalized spacial score (nSPS) is 13.3. The average Bonchev–Trinajstić information content (AvgIpc) is 3.48. The third-order valence-corrected chi connectivity index (χ3v) is 17.4. The van der Waals surface area contributed by atoms with Gasteiger partial charge in [0.25, 0.3) is 0 Å². The fraction of sp³-hybridized carbons (Fsp3) is 0.890. The number of carbonyl (C=O) groups excluding carboxylic acids is 2. The van der Waals surface area contributed by atoms with E-state index in [0.717, 1.165) is 51.4 Å². The maximum atomic E-state index is 12.9. The van der Waals surface area contributed by atoms with Gasteiger partial charge in [-0.2, -0.15) is 0 Å². The maximum Gasteiger partial charge on any atom is 0.472 e. The quantitative estimate of drug-likeness (QED) is 0.0211. The first-order chi connectivity index (χ1) is 40.5. The number of phosphoric acid groups is 1. The molecule has 0 spiro atoms. The number of quaternary nitrogens is 1. The molecule has 0 aliphatic rings. The number of hydrogen-bond acceptors (Lipinski definition) is 7. The van der Waals surface area contributed by atoms with E-state index in [9.17, 15) is 19.0 Å². The lowest BCUT2D eigenvalue weighted by atomic mass is 10.0. The second-order valence-corrected chi connectivity index (χ2v) is 27.4. The molecule has 2 unspecified atom stereocenters. The number of esters is 2. The van der Waals surface area contributed by atoms with Gasteiger partial charge in [0.15, 0.2) is 6.10 Å². The highest BCUT2D eigenvalue weighted by Crippen LogP contribution is 2.43. The molecule has 1 N–H and O–H groups in total. The van der Waals surface area contributed by atoms with Crippen LogP contribution in [0.25, 0.3) is 0 Å². The number of likely N-dealkylation sites (N-methyl/N-ethyl adjacent to an activating group) is 1. The molecule has 2 atom stereocenters. The molecule has 0 aliphatic heterocycles. The highest BCUT2D eigenvalue weighted by atomic mass is 31.2. The predicted octanol–water partition coefficient (Wildman–Crippen LogP) is 23.4. The van der Waals surface area contributed by atoms with E-state index in [-0.39, 0.29) is 25.6 Å². The van der Waals surface area contributed by atoms with E-state index in [1.807, 2.05) is 21.1 Å². The van der Waals surface area contributed by atoms with E-state index in [1.54, 1.807) is 0 Å². The fourth-order valence-electron chi connectivity index (χ4n) is 10.9. The Labute approximate surface area is 516 Å². The standard InChI is InChI=1S/C73H140NO8P/c1-6-8-10-12-14-16-18-20-22-24-26-27-28-29-30-31-32-33-34-35-36-37-38-39-40-41-42-43-44-45-46-47-48-50-52-54-56-58-60-62-64-66-73(76)82-71(70-81-83(77,78)80-68-67-74(3,4)5)69-79-72(75)65-63-61-59-57-55-53-51-49-25-23-21-19-17-15-13-11-9-7-2/h18,20,24,26,28-29,71H,6-17,19,21-23,25,27,30-70H2,1-5H3/p+1/b20-18-,26-24-,29-28-. The van der Waals surface area contributed by atoms with Gasteiger partial charge >= 0.3 is 19.8 Å². The summed E-state index contributed by atoms with van der Waals surface area (Å²) in [5.74, 6) is -0.773. The Morgan fingerprint density at radius 2 is 0.651 bits per heavy atom. The van der Waals surface area contributed by atoms with Crippen molar-refractivity contribution in [3.63, 3.8) is 0 Å². The molecule has 0 rings (SSSR count). The molecule has 0 saturated carbocycles. The third-order valence-electron chi connectivity index (χ3n) is 16.4. The summed E-state index contributed by atoms with van der Waals surface area (Å²) in [7, 11) is 1.50. The van der Waals surface area contributed by atoms with Crippen LogP contribution in [-0.2, 0) is 32.7 Å². The minimum atomic E-state index is -4.38. The summed E-state index contributed by atoms with van der Waals surface area (Å²) in [6, 6.07) is 0. The molecule has 83 heavy (non-hydrogen) atoms. The second kappa shape index (κ2) is 64.7. The van der Waals surface area contributed by atoms with E-state index in [4.69, 9.17) is 18.5 Å². The van der Waals surface area contributed by atoms with Crippen LogP contribution in [0.5, 0.6) is 0 Å². The summed E-state index contributed by atoms with van der Waals surface area (Å²) >= 11 is 0. The van der Waals surface area contributed by atoms with E-state index in [1.165, 1.54) is 289 Å². The maximum absolute atomic E-state index is 12.9. The molecule has 0 aromatic heterocycles. The van der Waals surface area contributed by atoms with Crippen LogP contribution < -0.4 is 0 Å². The van der Waals surface area contributed by atoms with Crippen LogP contribution in [0.15, 0.2) is 36.5 Å². The van der Waals surface area contributed by atoms with Crippen LogP contribution in [0.3, 0.4) is 0 Å². The van der Waals surface area contributed by atoms with E-state index in [2.05, 4.69) is 50.3 Å². The average molecular weight is 1190 g/mol. The van der Waals surface area contributed by atoms with E-state index >= 15 is 0 Å². The molecule has 9 nitrogen and oxygen atoms in total. The van der Waals surface area contributed by atoms with E-state index in [0.29, 0.717) is 17.4 Å². The smallest absolute Gasteiger partial charge is 0.462 e. The Hall–Kier alpha value is -1.77. The Kier molecular flexibility index (Phi) is 63.3. The lowest BCUT2D eigenvalue weighted by Gasteiger charge is -2.24. The summed E-state index contributed by atoms with van der Waals surface area (Å²) in [4.78, 5) is 35.8. The number of phosphoric ester groups is 1. The van der Waals surface area contributed by atoms with Crippen LogP contribution in [0, 0.1) is 0 Å². The molecule has 0 aromatic rings. The van der Waals surface area contributed by atoms with Crippen molar-refractivity contribution >= 4 is 19.8 Å². The lowest BCUT2D eigenvalue weighted by Crippen LogP contribution is -2.37. The molecule has 0 radical (unpaired) electrons. The van der Waals surface area contributed by atoms with Gasteiger partial charge in [0.1, 0.15) is 19.8 Å². The first-order valence-electron chi connectivity index (χ1n) is 36.2. The Bertz CT molecular complexity index is 1490.